The summed E-state index contributed by atoms with van der Waals surface area (Å²) in [5.41, 5.74) is 0.0273. The molecule has 5 fully saturated rings. The van der Waals surface area contributed by atoms with Crippen LogP contribution in [0.3, 0.4) is 0 Å². The highest BCUT2D eigenvalue weighted by molar-refractivity contribution is 6.14. The van der Waals surface area contributed by atoms with Crippen LogP contribution in [0.25, 0.3) is 0 Å². The van der Waals surface area contributed by atoms with Crippen molar-refractivity contribution in [3.63, 3.8) is 0 Å². The second kappa shape index (κ2) is 8.45. The van der Waals surface area contributed by atoms with Gasteiger partial charge < -0.3 is 14.2 Å². The standard InChI is InChI=1S/C34H50O6/c1-19(2)25-26-21-10-11-23-30(6)14-13-24(40-20(3)35)29(4,5)22(30)12-15-32(23,8)31(21,7)16-17-33(26,28(37)38-9)34(18-39-34)27(25)36/h19,21-24H,10-18H2,1-9H3/t21-,22+,23-,24+,30+,31-,32-,33-,34?/m1/s1. The van der Waals surface area contributed by atoms with E-state index in [9.17, 15) is 14.4 Å². The van der Waals surface area contributed by atoms with Crippen molar-refractivity contribution < 1.29 is 28.6 Å². The Morgan fingerprint density at radius 2 is 1.57 bits per heavy atom. The summed E-state index contributed by atoms with van der Waals surface area (Å²) in [6.45, 7) is 18.2. The Balaban J connectivity index is 1.44. The van der Waals surface area contributed by atoms with Gasteiger partial charge in [0.15, 0.2) is 11.4 Å². The molecule has 1 spiro atoms. The molecule has 1 heterocycles. The van der Waals surface area contributed by atoms with E-state index in [0.29, 0.717) is 24.9 Å². The zero-order chi connectivity index (χ0) is 29.3. The summed E-state index contributed by atoms with van der Waals surface area (Å²) in [5, 5.41) is 0. The third kappa shape index (κ3) is 3.08. The number of rotatable bonds is 3. The summed E-state index contributed by atoms with van der Waals surface area (Å²) >= 11 is 0. The lowest BCUT2D eigenvalue weighted by Crippen LogP contribution is -2.66. The molecule has 6 rings (SSSR count). The third-order valence-corrected chi connectivity index (χ3v) is 14.1. The van der Waals surface area contributed by atoms with Crippen LogP contribution in [-0.4, -0.2) is 43.1 Å². The Morgan fingerprint density at radius 1 is 0.900 bits per heavy atom. The van der Waals surface area contributed by atoms with Gasteiger partial charge in [-0.2, -0.15) is 0 Å². The predicted molar refractivity (Wildman–Crippen MR) is 151 cm³/mol. The van der Waals surface area contributed by atoms with Crippen molar-refractivity contribution in [2.75, 3.05) is 13.7 Å². The van der Waals surface area contributed by atoms with E-state index in [1.54, 1.807) is 0 Å². The molecule has 1 unspecified atom stereocenters. The predicted octanol–water partition coefficient (Wildman–Crippen LogP) is 6.45. The molecule has 0 aromatic carbocycles. The third-order valence-electron chi connectivity index (χ3n) is 14.1. The Kier molecular flexibility index (Phi) is 6.00. The molecule has 1 saturated heterocycles. The van der Waals surface area contributed by atoms with Crippen LogP contribution in [0.1, 0.15) is 107 Å². The van der Waals surface area contributed by atoms with Gasteiger partial charge in [-0.25, -0.2) is 0 Å². The molecule has 5 aliphatic carbocycles. The second-order valence-corrected chi connectivity index (χ2v) is 15.9. The van der Waals surface area contributed by atoms with Crippen LogP contribution < -0.4 is 0 Å². The lowest BCUT2D eigenvalue weighted by Gasteiger charge is -2.72. The van der Waals surface area contributed by atoms with E-state index >= 15 is 0 Å². The SMILES string of the molecule is COC(=O)[C@@]12CC[C@]3(C)[C@H](CC[C@@H]4[C@@]5(C)CC[C@H](OC(C)=O)C(C)(C)[C@@H]5CC[C@]43C)C1=C(C(C)C)C(=O)C21CO1. The van der Waals surface area contributed by atoms with Gasteiger partial charge in [-0.1, -0.05) is 48.5 Å². The lowest BCUT2D eigenvalue weighted by atomic mass is 9.33. The number of carbonyl (C=O) groups excluding carboxylic acids is 3. The average Bonchev–Trinajstić information content (AvgIpc) is 3.64. The monoisotopic (exact) mass is 554 g/mol. The van der Waals surface area contributed by atoms with E-state index in [1.807, 2.05) is 0 Å². The molecule has 9 atom stereocenters. The van der Waals surface area contributed by atoms with Crippen LogP contribution in [0.2, 0.25) is 0 Å². The fourth-order valence-corrected chi connectivity index (χ4v) is 12.1. The maximum absolute atomic E-state index is 14.1. The van der Waals surface area contributed by atoms with E-state index in [4.69, 9.17) is 14.2 Å². The summed E-state index contributed by atoms with van der Waals surface area (Å²) in [6, 6.07) is 0. The Morgan fingerprint density at radius 3 is 2.15 bits per heavy atom. The Bertz CT molecular complexity index is 1190. The van der Waals surface area contributed by atoms with Crippen LogP contribution in [0.5, 0.6) is 0 Å². The van der Waals surface area contributed by atoms with Crippen molar-refractivity contribution in [1.29, 1.82) is 0 Å². The highest BCUT2D eigenvalue weighted by Gasteiger charge is 2.81. The summed E-state index contributed by atoms with van der Waals surface area (Å²) in [6.07, 6.45) is 7.77. The van der Waals surface area contributed by atoms with E-state index < -0.39 is 11.0 Å². The zero-order valence-corrected chi connectivity index (χ0v) is 26.2. The molecule has 0 amide bonds. The molecule has 0 aromatic heterocycles. The number of Topliss-reactive ketones (excluding diaryl/α,β-unsaturated/α-hetero) is 1. The van der Waals surface area contributed by atoms with Gasteiger partial charge in [0.1, 0.15) is 11.5 Å². The molecule has 6 heteroatoms. The normalized spacial score (nSPS) is 48.7. The number of epoxide rings is 1. The maximum atomic E-state index is 14.1. The van der Waals surface area contributed by atoms with Crippen molar-refractivity contribution in [1.82, 2.24) is 0 Å². The highest BCUT2D eigenvalue weighted by atomic mass is 16.6. The first-order valence-electron chi connectivity index (χ1n) is 15.8. The number of ketones is 1. The van der Waals surface area contributed by atoms with Crippen molar-refractivity contribution >= 4 is 17.7 Å². The summed E-state index contributed by atoms with van der Waals surface area (Å²) < 4.78 is 17.4. The van der Waals surface area contributed by atoms with E-state index in [2.05, 4.69) is 48.5 Å². The van der Waals surface area contributed by atoms with Crippen molar-refractivity contribution in [2.45, 2.75) is 118 Å². The number of hydrogen-bond acceptors (Lipinski definition) is 6. The molecular formula is C34H50O6. The molecule has 222 valence electrons. The van der Waals surface area contributed by atoms with Gasteiger partial charge in [0.05, 0.1) is 13.7 Å². The first-order chi connectivity index (χ1) is 18.6. The van der Waals surface area contributed by atoms with E-state index in [-0.39, 0.29) is 57.3 Å². The molecule has 0 aromatic rings. The molecule has 0 bridgehead atoms. The average molecular weight is 555 g/mol. The van der Waals surface area contributed by atoms with E-state index in [1.165, 1.54) is 14.0 Å². The fraction of sp³-hybridized carbons (Fsp3) is 0.853. The number of esters is 2. The van der Waals surface area contributed by atoms with Crippen LogP contribution in [0.4, 0.5) is 0 Å². The zero-order valence-electron chi connectivity index (χ0n) is 26.2. The highest BCUT2D eigenvalue weighted by Crippen LogP contribution is 2.78. The fourth-order valence-electron chi connectivity index (χ4n) is 12.1. The molecule has 1 aliphatic heterocycles. The molecule has 40 heavy (non-hydrogen) atoms. The summed E-state index contributed by atoms with van der Waals surface area (Å²) in [4.78, 5) is 39.8. The first kappa shape index (κ1) is 28.4. The van der Waals surface area contributed by atoms with Gasteiger partial charge >= 0.3 is 11.9 Å². The molecular weight excluding hydrogens is 504 g/mol. The number of methoxy groups -OCH3 is 1. The number of fused-ring (bicyclic) bond motifs is 8. The Hall–Kier alpha value is -1.69. The van der Waals surface area contributed by atoms with Gasteiger partial charge in [-0.3, -0.25) is 14.4 Å². The van der Waals surface area contributed by atoms with Crippen molar-refractivity contribution in [3.05, 3.63) is 11.1 Å². The van der Waals surface area contributed by atoms with Gasteiger partial charge in [-0.05, 0) is 96.9 Å². The largest absolute Gasteiger partial charge is 0.468 e. The maximum Gasteiger partial charge on any atom is 0.319 e. The number of hydrogen-bond donors (Lipinski definition) is 0. The van der Waals surface area contributed by atoms with Crippen LogP contribution in [-0.2, 0) is 28.6 Å². The minimum atomic E-state index is -1.04. The van der Waals surface area contributed by atoms with Gasteiger partial charge in [-0.15, -0.1) is 0 Å². The first-order valence-corrected chi connectivity index (χ1v) is 15.8. The topological polar surface area (TPSA) is 82.2 Å². The molecule has 0 radical (unpaired) electrons. The molecule has 4 saturated carbocycles. The van der Waals surface area contributed by atoms with Gasteiger partial charge in [0, 0.05) is 17.9 Å². The van der Waals surface area contributed by atoms with Crippen molar-refractivity contribution in [2.24, 2.45) is 50.7 Å². The summed E-state index contributed by atoms with van der Waals surface area (Å²) in [5.74, 6) is 0.806. The minimum absolute atomic E-state index is 0.0333. The minimum Gasteiger partial charge on any atom is -0.468 e. The smallest absolute Gasteiger partial charge is 0.319 e. The lowest BCUT2D eigenvalue weighted by molar-refractivity contribution is -0.234. The number of ether oxygens (including phenoxy) is 3. The molecule has 0 N–H and O–H groups in total. The van der Waals surface area contributed by atoms with Crippen LogP contribution in [0, 0.1) is 50.7 Å². The quantitative estimate of drug-likeness (QED) is 0.295. The second-order valence-electron chi connectivity index (χ2n) is 15.9. The van der Waals surface area contributed by atoms with Crippen LogP contribution in [0.15, 0.2) is 11.1 Å². The number of carbonyl (C=O) groups is 3. The molecule has 6 nitrogen and oxygen atoms in total. The van der Waals surface area contributed by atoms with Gasteiger partial charge in [0.2, 0.25) is 0 Å². The van der Waals surface area contributed by atoms with E-state index in [0.717, 1.165) is 56.1 Å². The summed E-state index contributed by atoms with van der Waals surface area (Å²) in [7, 11) is 1.46. The van der Waals surface area contributed by atoms with Crippen molar-refractivity contribution in [3.8, 4) is 0 Å². The molecule has 6 aliphatic rings. The Labute approximate surface area is 240 Å². The van der Waals surface area contributed by atoms with Gasteiger partial charge in [0.25, 0.3) is 0 Å². The van der Waals surface area contributed by atoms with Crippen LogP contribution >= 0.6 is 0 Å².